The first-order valence-corrected chi connectivity index (χ1v) is 12.6. The van der Waals surface area contributed by atoms with Gasteiger partial charge in [0.1, 0.15) is 6.10 Å². The minimum atomic E-state index is -1.13. The molecule has 0 aliphatic carbocycles. The molecular weight excluding hydrogens is 458 g/mol. The summed E-state index contributed by atoms with van der Waals surface area (Å²) in [5.74, 6) is -0.0729. The number of esters is 1. The Morgan fingerprint density at radius 1 is 1.31 bits per heavy atom. The summed E-state index contributed by atoms with van der Waals surface area (Å²) in [6.07, 6.45) is 18.0. The largest absolute Gasteiger partial charge is 0.465 e. The van der Waals surface area contributed by atoms with Gasteiger partial charge in [-0.2, -0.15) is 0 Å². The summed E-state index contributed by atoms with van der Waals surface area (Å²) < 4.78 is 11.4. The lowest BCUT2D eigenvalue weighted by atomic mass is 9.87. The summed E-state index contributed by atoms with van der Waals surface area (Å²) in [6.45, 7) is 10.0. The fraction of sp³-hybridized carbons (Fsp3) is 0.517. The first-order chi connectivity index (χ1) is 17.1. The Morgan fingerprint density at radius 2 is 2.06 bits per heavy atom. The molecule has 3 N–H and O–H groups in total. The number of carbonyl (C=O) groups is 2. The average molecular weight is 500 g/mol. The summed E-state index contributed by atoms with van der Waals surface area (Å²) >= 11 is 0. The summed E-state index contributed by atoms with van der Waals surface area (Å²) in [7, 11) is 0. The van der Waals surface area contributed by atoms with Gasteiger partial charge in [0, 0.05) is 24.8 Å². The third kappa shape index (κ3) is 9.99. The number of cyclic esters (lactones) is 1. The minimum Gasteiger partial charge on any atom is -0.465 e. The molecule has 2 heterocycles. The summed E-state index contributed by atoms with van der Waals surface area (Å²) in [6, 6.07) is -0.574. The van der Waals surface area contributed by atoms with Gasteiger partial charge in [-0.05, 0) is 39.2 Å². The van der Waals surface area contributed by atoms with Crippen LogP contribution in [-0.2, 0) is 14.3 Å². The number of carboxylic acid groups (broad SMARTS) is 1. The summed E-state index contributed by atoms with van der Waals surface area (Å²) in [5.41, 5.74) is 2.25. The Morgan fingerprint density at radius 3 is 2.72 bits per heavy atom. The molecule has 0 spiro atoms. The highest BCUT2D eigenvalue weighted by atomic mass is 16.5. The smallest absolute Gasteiger partial charge is 0.405 e. The zero-order chi connectivity index (χ0) is 26.7. The maximum atomic E-state index is 11.4. The lowest BCUT2D eigenvalue weighted by molar-refractivity contribution is -0.141. The van der Waals surface area contributed by atoms with Crippen molar-refractivity contribution in [2.75, 3.05) is 0 Å². The van der Waals surface area contributed by atoms with Gasteiger partial charge in [0.2, 0.25) is 0 Å². The molecule has 1 unspecified atom stereocenters. The molecule has 198 valence electrons. The molecule has 1 amide bonds. The maximum Gasteiger partial charge on any atom is 0.405 e. The van der Waals surface area contributed by atoms with Crippen molar-refractivity contribution < 1.29 is 29.3 Å². The van der Waals surface area contributed by atoms with E-state index in [0.29, 0.717) is 18.8 Å². The summed E-state index contributed by atoms with van der Waals surface area (Å²) in [5, 5.41) is 22.3. The second-order valence-corrected chi connectivity index (χ2v) is 9.76. The minimum absolute atomic E-state index is 0.0589. The van der Waals surface area contributed by atoms with E-state index in [4.69, 9.17) is 9.47 Å². The zero-order valence-corrected chi connectivity index (χ0v) is 22.0. The second kappa shape index (κ2) is 14.6. The number of hydrogen-bond acceptors (Lipinski definition) is 5. The van der Waals surface area contributed by atoms with Crippen LogP contribution in [0, 0.1) is 11.8 Å². The van der Waals surface area contributed by atoms with Gasteiger partial charge in [0.05, 0.1) is 24.4 Å². The van der Waals surface area contributed by atoms with Gasteiger partial charge in [0.15, 0.2) is 0 Å². The van der Waals surface area contributed by atoms with Crippen LogP contribution in [0.15, 0.2) is 71.9 Å². The molecule has 0 radical (unpaired) electrons. The zero-order valence-electron chi connectivity index (χ0n) is 22.0. The third-order valence-corrected chi connectivity index (χ3v) is 6.36. The van der Waals surface area contributed by atoms with E-state index in [1.54, 1.807) is 6.08 Å². The molecule has 7 heteroatoms. The number of carbonyl (C=O) groups excluding carboxylic acids is 1. The molecular formula is C29H41NO6. The highest BCUT2D eigenvalue weighted by Crippen LogP contribution is 2.28. The lowest BCUT2D eigenvalue weighted by Gasteiger charge is -2.39. The van der Waals surface area contributed by atoms with Crippen LogP contribution in [0.1, 0.15) is 53.9 Å². The lowest BCUT2D eigenvalue weighted by Crippen LogP contribution is -2.51. The summed E-state index contributed by atoms with van der Waals surface area (Å²) in [4.78, 5) is 22.7. The highest BCUT2D eigenvalue weighted by Gasteiger charge is 2.37. The van der Waals surface area contributed by atoms with Crippen LogP contribution >= 0.6 is 0 Å². The molecule has 36 heavy (non-hydrogen) atoms. The van der Waals surface area contributed by atoms with Crippen LogP contribution in [0.2, 0.25) is 0 Å². The van der Waals surface area contributed by atoms with Crippen LogP contribution in [0.25, 0.3) is 0 Å². The number of amides is 1. The number of ether oxygens (including phenoxy) is 2. The molecule has 0 saturated carbocycles. The van der Waals surface area contributed by atoms with Crippen LogP contribution in [0.4, 0.5) is 4.79 Å². The highest BCUT2D eigenvalue weighted by molar-refractivity contribution is 5.82. The van der Waals surface area contributed by atoms with Crippen molar-refractivity contribution in [1.29, 1.82) is 0 Å². The van der Waals surface area contributed by atoms with Crippen molar-refractivity contribution in [2.45, 2.75) is 84.3 Å². The van der Waals surface area contributed by atoms with E-state index in [2.05, 4.69) is 18.3 Å². The van der Waals surface area contributed by atoms with Gasteiger partial charge in [0.25, 0.3) is 0 Å². The van der Waals surface area contributed by atoms with Crippen molar-refractivity contribution >= 4 is 12.1 Å². The molecule has 2 aliphatic rings. The Bertz CT molecular complexity index is 928. The fourth-order valence-electron chi connectivity index (χ4n) is 4.49. The molecule has 2 rings (SSSR count). The van der Waals surface area contributed by atoms with Crippen LogP contribution in [-0.4, -0.2) is 52.7 Å². The SMILES string of the molecule is C/C=C/[C@@H]1O[C@H]([C@H](/C=C/C=C(\C)C[C@@H](C)/C=C(C)\C=C\C2CC=CC(=O)O2)NC(=O)O)C[C@@H](O)[C@@H]1C. The second-order valence-electron chi connectivity index (χ2n) is 9.76. The van der Waals surface area contributed by atoms with Crippen LogP contribution < -0.4 is 5.32 Å². The number of rotatable bonds is 10. The van der Waals surface area contributed by atoms with Gasteiger partial charge in [-0.15, -0.1) is 0 Å². The molecule has 0 aromatic rings. The Labute approximate surface area is 214 Å². The number of nitrogens with one attached hydrogen (secondary N) is 1. The molecule has 0 aromatic heterocycles. The van der Waals surface area contributed by atoms with Gasteiger partial charge < -0.3 is 25.0 Å². The third-order valence-electron chi connectivity index (χ3n) is 6.36. The van der Waals surface area contributed by atoms with Crippen molar-refractivity contribution in [3.63, 3.8) is 0 Å². The van der Waals surface area contributed by atoms with E-state index in [9.17, 15) is 19.8 Å². The predicted molar refractivity (Wildman–Crippen MR) is 141 cm³/mol. The van der Waals surface area contributed by atoms with Crippen molar-refractivity contribution in [3.05, 3.63) is 71.9 Å². The molecule has 0 bridgehead atoms. The number of allylic oxidation sites excluding steroid dienone is 7. The number of hydrogen-bond donors (Lipinski definition) is 3. The molecule has 7 atom stereocenters. The van der Waals surface area contributed by atoms with E-state index in [0.717, 1.165) is 17.6 Å². The van der Waals surface area contributed by atoms with Crippen LogP contribution in [0.3, 0.4) is 0 Å². The molecule has 0 aromatic carbocycles. The monoisotopic (exact) mass is 499 g/mol. The Hall–Kier alpha value is -2.90. The van der Waals surface area contributed by atoms with E-state index in [1.807, 2.05) is 70.2 Å². The number of aliphatic hydroxyl groups is 1. The fourth-order valence-corrected chi connectivity index (χ4v) is 4.49. The van der Waals surface area contributed by atoms with Crippen molar-refractivity contribution in [2.24, 2.45) is 11.8 Å². The maximum absolute atomic E-state index is 11.4. The number of aliphatic hydroxyl groups excluding tert-OH is 1. The predicted octanol–water partition coefficient (Wildman–Crippen LogP) is 5.26. The van der Waals surface area contributed by atoms with Gasteiger partial charge >= 0.3 is 12.1 Å². The van der Waals surface area contributed by atoms with E-state index in [-0.39, 0.29) is 24.1 Å². The molecule has 7 nitrogen and oxygen atoms in total. The molecule has 2 aliphatic heterocycles. The molecule has 1 fully saturated rings. The van der Waals surface area contributed by atoms with Gasteiger partial charge in [-0.3, -0.25) is 0 Å². The van der Waals surface area contributed by atoms with Crippen LogP contribution in [0.5, 0.6) is 0 Å². The molecule has 1 saturated heterocycles. The first-order valence-electron chi connectivity index (χ1n) is 12.6. The van der Waals surface area contributed by atoms with Crippen molar-refractivity contribution in [1.82, 2.24) is 5.32 Å². The van der Waals surface area contributed by atoms with Crippen molar-refractivity contribution in [3.8, 4) is 0 Å². The van der Waals surface area contributed by atoms with E-state index >= 15 is 0 Å². The first kappa shape index (κ1) is 29.3. The Balaban J connectivity index is 1.98. The van der Waals surface area contributed by atoms with E-state index < -0.39 is 24.3 Å². The average Bonchev–Trinajstić information content (AvgIpc) is 2.79. The quantitative estimate of drug-likeness (QED) is 0.215. The Kier molecular flexibility index (Phi) is 11.9. The van der Waals surface area contributed by atoms with Gasteiger partial charge in [-0.1, -0.05) is 73.6 Å². The van der Waals surface area contributed by atoms with Gasteiger partial charge in [-0.25, -0.2) is 9.59 Å². The van der Waals surface area contributed by atoms with E-state index in [1.165, 1.54) is 6.08 Å². The topological polar surface area (TPSA) is 105 Å². The standard InChI is InChI=1S/C29H41NO6/c1-6-9-26-22(5)25(31)18-27(36-26)24(30-29(33)34)12-7-10-19(2)16-21(4)17-20(3)14-15-23-11-8-13-28(32)35-23/h6-10,12-15,17,21-27,30-31H,11,16,18H2,1-5H3,(H,33,34)/b9-6+,12-7+,15-14+,19-10+,20-17-/t21-,22+,23?,24+,25-,26+,27+/m1/s1. The normalized spacial score (nSPS) is 29.6.